The molecule has 1 heterocycles. The molecule has 0 atom stereocenters. The van der Waals surface area contributed by atoms with Gasteiger partial charge in [0.1, 0.15) is 16.5 Å². The third-order valence-electron chi connectivity index (χ3n) is 3.76. The van der Waals surface area contributed by atoms with Gasteiger partial charge in [-0.15, -0.1) is 11.3 Å². The lowest BCUT2D eigenvalue weighted by Crippen LogP contribution is -2.23. The van der Waals surface area contributed by atoms with E-state index >= 15 is 0 Å². The summed E-state index contributed by atoms with van der Waals surface area (Å²) < 4.78 is 24.4. The van der Waals surface area contributed by atoms with Gasteiger partial charge >= 0.3 is 0 Å². The Bertz CT molecular complexity index is 927. The van der Waals surface area contributed by atoms with Crippen LogP contribution in [0.3, 0.4) is 0 Å². The van der Waals surface area contributed by atoms with Crippen LogP contribution in [0.1, 0.15) is 16.1 Å². The number of nitrogens with zero attached hydrogens (tertiary/aromatic N) is 1. The van der Waals surface area contributed by atoms with Crippen LogP contribution in [0.5, 0.6) is 11.5 Å². The fraction of sp³-hybridized carbons (Fsp3) is 0.158. The van der Waals surface area contributed by atoms with Crippen LogP contribution in [0, 0.1) is 5.82 Å². The Morgan fingerprint density at radius 3 is 2.69 bits per heavy atom. The number of rotatable bonds is 6. The summed E-state index contributed by atoms with van der Waals surface area (Å²) in [5.41, 5.74) is 1.41. The van der Waals surface area contributed by atoms with Gasteiger partial charge in [-0.1, -0.05) is 24.3 Å². The third kappa shape index (κ3) is 3.67. The molecule has 0 fully saturated rings. The fourth-order valence-electron chi connectivity index (χ4n) is 2.50. The number of hydrogen-bond acceptors (Lipinski definition) is 5. The molecule has 5 nitrogen and oxygen atoms in total. The zero-order valence-corrected chi connectivity index (χ0v) is 15.1. The Kier molecular flexibility index (Phi) is 5.48. The Morgan fingerprint density at radius 2 is 1.96 bits per heavy atom. The van der Waals surface area contributed by atoms with E-state index in [4.69, 9.17) is 9.47 Å². The number of nitrogens with one attached hydrogen (secondary N) is 1. The van der Waals surface area contributed by atoms with E-state index in [2.05, 4.69) is 10.3 Å². The summed E-state index contributed by atoms with van der Waals surface area (Å²) in [5, 5.41) is 4.87. The van der Waals surface area contributed by atoms with Gasteiger partial charge in [-0.2, -0.15) is 0 Å². The van der Waals surface area contributed by atoms with Crippen molar-refractivity contribution < 1.29 is 18.7 Å². The average Bonchev–Trinajstić information content (AvgIpc) is 3.16. The summed E-state index contributed by atoms with van der Waals surface area (Å²) in [4.78, 5) is 16.6. The summed E-state index contributed by atoms with van der Waals surface area (Å²) in [6, 6.07) is 11.8. The van der Waals surface area contributed by atoms with Crippen LogP contribution in [-0.2, 0) is 6.54 Å². The van der Waals surface area contributed by atoms with Crippen LogP contribution in [0.4, 0.5) is 4.39 Å². The van der Waals surface area contributed by atoms with E-state index in [9.17, 15) is 9.18 Å². The summed E-state index contributed by atoms with van der Waals surface area (Å²) in [6.45, 7) is 0.256. The summed E-state index contributed by atoms with van der Waals surface area (Å²) >= 11 is 1.22. The van der Waals surface area contributed by atoms with E-state index in [-0.39, 0.29) is 24.0 Å². The largest absolute Gasteiger partial charge is 0.493 e. The molecule has 0 saturated carbocycles. The van der Waals surface area contributed by atoms with Crippen molar-refractivity contribution in [3.8, 4) is 22.1 Å². The second kappa shape index (κ2) is 7.97. The standard InChI is InChI=1S/C19H17FN2O3S/c1-24-16-9-5-6-12(17(16)25-2)10-21-18(23)15-11-26-19(22-15)13-7-3-4-8-14(13)20/h3-9,11H,10H2,1-2H3,(H,21,23). The molecule has 0 spiro atoms. The Labute approximate surface area is 154 Å². The van der Waals surface area contributed by atoms with Crippen LogP contribution in [0.25, 0.3) is 10.6 Å². The van der Waals surface area contributed by atoms with Crippen molar-refractivity contribution in [1.29, 1.82) is 0 Å². The first-order chi connectivity index (χ1) is 12.6. The molecule has 0 aliphatic heterocycles. The van der Waals surface area contributed by atoms with Crippen LogP contribution in [0.15, 0.2) is 47.8 Å². The molecule has 7 heteroatoms. The van der Waals surface area contributed by atoms with Crippen LogP contribution in [-0.4, -0.2) is 25.1 Å². The highest BCUT2D eigenvalue weighted by Gasteiger charge is 2.15. The topological polar surface area (TPSA) is 60.5 Å². The van der Waals surface area contributed by atoms with Crippen molar-refractivity contribution in [1.82, 2.24) is 10.3 Å². The summed E-state index contributed by atoms with van der Waals surface area (Å²) in [6.07, 6.45) is 0. The molecule has 2 aromatic carbocycles. The van der Waals surface area contributed by atoms with Gasteiger partial charge < -0.3 is 14.8 Å². The SMILES string of the molecule is COc1cccc(CNC(=O)c2csc(-c3ccccc3F)n2)c1OC. The lowest BCUT2D eigenvalue weighted by Gasteiger charge is -2.12. The first-order valence-electron chi connectivity index (χ1n) is 7.82. The number of halogens is 1. The van der Waals surface area contributed by atoms with E-state index in [1.807, 2.05) is 12.1 Å². The third-order valence-corrected chi connectivity index (χ3v) is 4.64. The normalized spacial score (nSPS) is 10.4. The first-order valence-corrected chi connectivity index (χ1v) is 8.70. The molecule has 0 unspecified atom stereocenters. The van der Waals surface area contributed by atoms with Gasteiger partial charge in [0.05, 0.1) is 14.2 Å². The Morgan fingerprint density at radius 1 is 1.15 bits per heavy atom. The number of hydrogen-bond donors (Lipinski definition) is 1. The maximum absolute atomic E-state index is 13.9. The molecular formula is C19H17FN2O3S. The van der Waals surface area contributed by atoms with Crippen molar-refractivity contribution in [2.75, 3.05) is 14.2 Å². The molecule has 1 N–H and O–H groups in total. The summed E-state index contributed by atoms with van der Waals surface area (Å²) in [5.74, 6) is 0.457. The number of carbonyl (C=O) groups is 1. The lowest BCUT2D eigenvalue weighted by atomic mass is 10.2. The van der Waals surface area contributed by atoms with E-state index in [1.54, 1.807) is 43.9 Å². The van der Waals surface area contributed by atoms with Gasteiger partial charge in [0.25, 0.3) is 5.91 Å². The highest BCUT2D eigenvalue weighted by atomic mass is 32.1. The molecule has 3 rings (SSSR count). The van der Waals surface area contributed by atoms with Crippen molar-refractivity contribution >= 4 is 17.2 Å². The molecular weight excluding hydrogens is 355 g/mol. The van der Waals surface area contributed by atoms with Gasteiger partial charge in [-0.3, -0.25) is 4.79 Å². The predicted octanol–water partition coefficient (Wildman–Crippen LogP) is 3.90. The highest BCUT2D eigenvalue weighted by molar-refractivity contribution is 7.13. The van der Waals surface area contributed by atoms with Gasteiger partial charge in [0.2, 0.25) is 0 Å². The predicted molar refractivity (Wildman–Crippen MR) is 98.2 cm³/mol. The number of benzene rings is 2. The van der Waals surface area contributed by atoms with Crippen LogP contribution >= 0.6 is 11.3 Å². The number of para-hydroxylation sites is 1. The fourth-order valence-corrected chi connectivity index (χ4v) is 3.32. The van der Waals surface area contributed by atoms with Crippen molar-refractivity contribution in [2.24, 2.45) is 0 Å². The van der Waals surface area contributed by atoms with Gasteiger partial charge in [-0.25, -0.2) is 9.37 Å². The lowest BCUT2D eigenvalue weighted by molar-refractivity contribution is 0.0946. The Balaban J connectivity index is 1.73. The van der Waals surface area contributed by atoms with E-state index in [0.29, 0.717) is 22.1 Å². The number of thiazole rings is 1. The van der Waals surface area contributed by atoms with Crippen molar-refractivity contribution in [3.05, 3.63) is 64.9 Å². The molecule has 1 amide bonds. The number of aromatic nitrogens is 1. The zero-order valence-electron chi connectivity index (χ0n) is 14.3. The van der Waals surface area contributed by atoms with E-state index in [0.717, 1.165) is 5.56 Å². The minimum absolute atomic E-state index is 0.245. The molecule has 3 aromatic rings. The smallest absolute Gasteiger partial charge is 0.271 e. The molecule has 0 aliphatic carbocycles. The number of ether oxygens (including phenoxy) is 2. The quantitative estimate of drug-likeness (QED) is 0.713. The van der Waals surface area contributed by atoms with Crippen LogP contribution < -0.4 is 14.8 Å². The average molecular weight is 372 g/mol. The number of methoxy groups -OCH3 is 2. The maximum atomic E-state index is 13.9. The van der Waals surface area contributed by atoms with Gasteiger partial charge in [0, 0.05) is 23.1 Å². The second-order valence-corrected chi connectivity index (χ2v) is 6.21. The van der Waals surface area contributed by atoms with Crippen molar-refractivity contribution in [2.45, 2.75) is 6.54 Å². The highest BCUT2D eigenvalue weighted by Crippen LogP contribution is 2.30. The first kappa shape index (κ1) is 17.9. The van der Waals surface area contributed by atoms with Gasteiger partial charge in [-0.05, 0) is 18.2 Å². The molecule has 0 radical (unpaired) electrons. The Hall–Kier alpha value is -2.93. The molecule has 26 heavy (non-hydrogen) atoms. The zero-order chi connectivity index (χ0) is 18.5. The molecule has 0 aliphatic rings. The van der Waals surface area contributed by atoms with E-state index < -0.39 is 0 Å². The van der Waals surface area contributed by atoms with Crippen LogP contribution in [0.2, 0.25) is 0 Å². The molecule has 1 aromatic heterocycles. The monoisotopic (exact) mass is 372 g/mol. The molecule has 0 bridgehead atoms. The van der Waals surface area contributed by atoms with Gasteiger partial charge in [0.15, 0.2) is 11.5 Å². The number of amides is 1. The minimum atomic E-state index is -0.366. The number of carbonyl (C=O) groups excluding carboxylic acids is 1. The molecule has 134 valence electrons. The summed E-state index contributed by atoms with van der Waals surface area (Å²) in [7, 11) is 3.10. The van der Waals surface area contributed by atoms with Crippen molar-refractivity contribution in [3.63, 3.8) is 0 Å². The molecule has 0 saturated heterocycles. The second-order valence-electron chi connectivity index (χ2n) is 5.35. The minimum Gasteiger partial charge on any atom is -0.493 e. The maximum Gasteiger partial charge on any atom is 0.271 e. The van der Waals surface area contributed by atoms with E-state index in [1.165, 1.54) is 17.4 Å².